The smallest absolute Gasteiger partial charge is 0.359 e. The van der Waals surface area contributed by atoms with E-state index in [-0.39, 0.29) is 10.6 Å². The maximum Gasteiger partial charge on any atom is 0.359 e. The van der Waals surface area contributed by atoms with Gasteiger partial charge in [0.1, 0.15) is 10.9 Å². The summed E-state index contributed by atoms with van der Waals surface area (Å²) in [6.07, 6.45) is 0. The second kappa shape index (κ2) is 6.29. The SMILES string of the molecule is COC(=O)c1nscc1S(=O)(=O)NC(C(=O)O)C(C)C. The van der Waals surface area contributed by atoms with Gasteiger partial charge in [0.25, 0.3) is 0 Å². The van der Waals surface area contributed by atoms with Crippen LogP contribution in [0.2, 0.25) is 0 Å². The second-order valence-corrected chi connectivity index (χ2v) is 6.51. The highest BCUT2D eigenvalue weighted by Gasteiger charge is 2.32. The highest BCUT2D eigenvalue weighted by Crippen LogP contribution is 2.19. The van der Waals surface area contributed by atoms with Crippen molar-refractivity contribution in [3.8, 4) is 0 Å². The summed E-state index contributed by atoms with van der Waals surface area (Å²) in [7, 11) is -3.08. The van der Waals surface area contributed by atoms with Crippen LogP contribution >= 0.6 is 11.5 Å². The predicted molar refractivity (Wildman–Crippen MR) is 70.0 cm³/mol. The summed E-state index contributed by atoms with van der Waals surface area (Å²) in [5.74, 6) is -2.66. The summed E-state index contributed by atoms with van der Waals surface area (Å²) in [5.41, 5.74) is -0.363. The van der Waals surface area contributed by atoms with Crippen LogP contribution in [0.5, 0.6) is 0 Å². The molecule has 1 unspecified atom stereocenters. The van der Waals surface area contributed by atoms with E-state index >= 15 is 0 Å². The van der Waals surface area contributed by atoms with Crippen LogP contribution in [-0.4, -0.2) is 43.0 Å². The molecule has 0 amide bonds. The number of hydrogen-bond acceptors (Lipinski definition) is 7. The first-order chi connectivity index (χ1) is 9.20. The zero-order valence-corrected chi connectivity index (χ0v) is 12.6. The van der Waals surface area contributed by atoms with Crippen LogP contribution in [0.1, 0.15) is 24.3 Å². The summed E-state index contributed by atoms with van der Waals surface area (Å²) in [6.45, 7) is 3.13. The van der Waals surface area contributed by atoms with Gasteiger partial charge in [0.05, 0.1) is 7.11 Å². The van der Waals surface area contributed by atoms with Crippen molar-refractivity contribution < 1.29 is 27.9 Å². The van der Waals surface area contributed by atoms with E-state index in [1.165, 1.54) is 0 Å². The summed E-state index contributed by atoms with van der Waals surface area (Å²) in [6, 6.07) is -1.30. The molecule has 0 saturated heterocycles. The zero-order valence-electron chi connectivity index (χ0n) is 11.0. The maximum absolute atomic E-state index is 12.1. The molecule has 8 nitrogen and oxygen atoms in total. The van der Waals surface area contributed by atoms with Crippen LogP contribution in [-0.2, 0) is 19.6 Å². The number of carboxylic acid groups (broad SMARTS) is 1. The highest BCUT2D eigenvalue weighted by atomic mass is 32.2. The van der Waals surface area contributed by atoms with Gasteiger partial charge in [-0.15, -0.1) is 0 Å². The van der Waals surface area contributed by atoms with Crippen molar-refractivity contribution in [3.63, 3.8) is 0 Å². The lowest BCUT2D eigenvalue weighted by atomic mass is 10.1. The Kier molecular flexibility index (Phi) is 5.20. The first-order valence-corrected chi connectivity index (χ1v) is 7.80. The van der Waals surface area contributed by atoms with E-state index in [4.69, 9.17) is 5.11 Å². The van der Waals surface area contributed by atoms with Gasteiger partial charge in [0.2, 0.25) is 10.0 Å². The Morgan fingerprint density at radius 1 is 1.45 bits per heavy atom. The van der Waals surface area contributed by atoms with Crippen molar-refractivity contribution in [2.45, 2.75) is 24.8 Å². The fourth-order valence-electron chi connectivity index (χ4n) is 1.36. The van der Waals surface area contributed by atoms with Crippen molar-refractivity contribution in [2.24, 2.45) is 5.92 Å². The number of aliphatic carboxylic acids is 1. The Bertz CT molecular complexity index is 607. The Morgan fingerprint density at radius 2 is 2.05 bits per heavy atom. The molecule has 0 spiro atoms. The minimum absolute atomic E-state index is 0.363. The molecule has 1 aromatic rings. The molecule has 1 rings (SSSR count). The number of hydrogen-bond donors (Lipinski definition) is 2. The van der Waals surface area contributed by atoms with Crippen molar-refractivity contribution in [2.75, 3.05) is 7.11 Å². The Balaban J connectivity index is 3.15. The summed E-state index contributed by atoms with van der Waals surface area (Å²) in [4.78, 5) is 22.1. The summed E-state index contributed by atoms with van der Waals surface area (Å²) >= 11 is 0.763. The first kappa shape index (κ1) is 16.5. The molecular formula is C10H14N2O6S2. The molecule has 1 atom stereocenters. The molecule has 10 heteroatoms. The van der Waals surface area contributed by atoms with Crippen LogP contribution in [0, 0.1) is 5.92 Å². The third-order valence-electron chi connectivity index (χ3n) is 2.42. The van der Waals surface area contributed by atoms with Crippen LogP contribution in [0.25, 0.3) is 0 Å². The Hall–Kier alpha value is -1.52. The molecule has 0 aromatic carbocycles. The van der Waals surface area contributed by atoms with E-state index in [1.807, 2.05) is 4.72 Å². The van der Waals surface area contributed by atoms with Gasteiger partial charge in [-0.1, -0.05) is 13.8 Å². The van der Waals surface area contributed by atoms with E-state index in [9.17, 15) is 18.0 Å². The van der Waals surface area contributed by atoms with E-state index in [1.54, 1.807) is 13.8 Å². The number of methoxy groups -OCH3 is 1. The number of nitrogens with one attached hydrogen (secondary N) is 1. The normalized spacial score (nSPS) is 13.2. The van der Waals surface area contributed by atoms with Crippen LogP contribution in [0.4, 0.5) is 0 Å². The molecular weight excluding hydrogens is 308 g/mol. The third-order valence-corrected chi connectivity index (χ3v) is 4.65. The van der Waals surface area contributed by atoms with Gasteiger partial charge in [0, 0.05) is 5.38 Å². The topological polar surface area (TPSA) is 123 Å². The summed E-state index contributed by atoms with van der Waals surface area (Å²) in [5, 5.41) is 10.1. The molecule has 0 aliphatic carbocycles. The molecule has 0 bridgehead atoms. The minimum Gasteiger partial charge on any atom is -0.480 e. The van der Waals surface area contributed by atoms with Crippen LogP contribution in [0.3, 0.4) is 0 Å². The molecule has 0 fully saturated rings. The van der Waals surface area contributed by atoms with Crippen molar-refractivity contribution in [3.05, 3.63) is 11.1 Å². The average Bonchev–Trinajstić information content (AvgIpc) is 2.84. The zero-order chi connectivity index (χ0) is 15.5. The number of carbonyl (C=O) groups excluding carboxylic acids is 1. The van der Waals surface area contributed by atoms with Crippen molar-refractivity contribution in [1.29, 1.82) is 0 Å². The number of nitrogens with zero attached hydrogens (tertiary/aromatic N) is 1. The number of carbonyl (C=O) groups is 2. The van der Waals surface area contributed by atoms with Gasteiger partial charge >= 0.3 is 11.9 Å². The minimum atomic E-state index is -4.18. The fraction of sp³-hybridized carbons (Fsp3) is 0.500. The lowest BCUT2D eigenvalue weighted by molar-refractivity contribution is -0.140. The van der Waals surface area contributed by atoms with Crippen molar-refractivity contribution in [1.82, 2.24) is 9.10 Å². The maximum atomic E-state index is 12.1. The fourth-order valence-corrected chi connectivity index (χ4v) is 3.80. The molecule has 2 N–H and O–H groups in total. The molecule has 0 saturated carbocycles. The van der Waals surface area contributed by atoms with Gasteiger partial charge in [0.15, 0.2) is 5.69 Å². The number of rotatable bonds is 6. The molecule has 0 aliphatic heterocycles. The lowest BCUT2D eigenvalue weighted by Gasteiger charge is -2.17. The Morgan fingerprint density at radius 3 is 2.50 bits per heavy atom. The quantitative estimate of drug-likeness (QED) is 0.723. The number of ether oxygens (including phenoxy) is 1. The Labute approximate surface area is 120 Å². The highest BCUT2D eigenvalue weighted by molar-refractivity contribution is 7.89. The van der Waals surface area contributed by atoms with E-state index < -0.39 is 33.9 Å². The molecule has 1 aromatic heterocycles. The molecule has 1 heterocycles. The van der Waals surface area contributed by atoms with Gasteiger partial charge in [-0.25, -0.2) is 13.2 Å². The standard InChI is InChI=1S/C10H14N2O6S2/c1-5(2)7(9(13)14)12-20(16,17)6-4-19-11-8(6)10(15)18-3/h4-5,7,12H,1-3H3,(H,13,14). The molecule has 112 valence electrons. The van der Waals surface area contributed by atoms with Gasteiger partial charge < -0.3 is 9.84 Å². The second-order valence-electron chi connectivity index (χ2n) is 4.20. The number of carboxylic acids is 1. The number of esters is 1. The largest absolute Gasteiger partial charge is 0.480 e. The average molecular weight is 322 g/mol. The third kappa shape index (κ3) is 3.52. The van der Waals surface area contributed by atoms with Crippen LogP contribution in [0.15, 0.2) is 10.3 Å². The number of sulfonamides is 1. The van der Waals surface area contributed by atoms with Gasteiger partial charge in [-0.05, 0) is 17.5 Å². The van der Waals surface area contributed by atoms with E-state index in [0.717, 1.165) is 24.0 Å². The first-order valence-electron chi connectivity index (χ1n) is 5.48. The monoisotopic (exact) mass is 322 g/mol. The molecule has 0 aliphatic rings. The molecule has 20 heavy (non-hydrogen) atoms. The number of aromatic nitrogens is 1. The lowest BCUT2D eigenvalue weighted by Crippen LogP contribution is -2.44. The predicted octanol–water partition coefficient (Wildman–Crippen LogP) is 0.317. The van der Waals surface area contributed by atoms with Crippen LogP contribution < -0.4 is 4.72 Å². The van der Waals surface area contributed by atoms with E-state index in [2.05, 4.69) is 9.11 Å². The van der Waals surface area contributed by atoms with Crippen molar-refractivity contribution >= 4 is 33.5 Å². The van der Waals surface area contributed by atoms with E-state index in [0.29, 0.717) is 0 Å². The van der Waals surface area contributed by atoms with Gasteiger partial charge in [-0.3, -0.25) is 4.79 Å². The molecule has 0 radical (unpaired) electrons. The summed E-state index contributed by atoms with van der Waals surface area (Å²) < 4.78 is 34.4. The van der Waals surface area contributed by atoms with Gasteiger partial charge in [-0.2, -0.15) is 9.10 Å².